The van der Waals surface area contributed by atoms with Crippen LogP contribution in [0, 0.1) is 0 Å². The zero-order valence-corrected chi connectivity index (χ0v) is 17.0. The minimum Gasteiger partial charge on any atom is -0.493 e. The maximum atomic E-state index is 12.3. The molecule has 6 heteroatoms. The molecule has 0 radical (unpaired) electrons. The van der Waals surface area contributed by atoms with Crippen LogP contribution in [-0.2, 0) is 16.0 Å². The first-order chi connectivity index (χ1) is 14.0. The Hall–Kier alpha value is -3.28. The quantitative estimate of drug-likeness (QED) is 0.720. The summed E-state index contributed by atoms with van der Waals surface area (Å²) in [6, 6.07) is 11.2. The summed E-state index contributed by atoms with van der Waals surface area (Å²) in [5, 5.41) is 2.87. The van der Waals surface area contributed by atoms with Crippen molar-refractivity contribution < 1.29 is 19.1 Å². The second-order valence-electron chi connectivity index (χ2n) is 6.85. The van der Waals surface area contributed by atoms with Crippen LogP contribution in [0.25, 0.3) is 6.08 Å². The lowest BCUT2D eigenvalue weighted by atomic mass is 10.1. The van der Waals surface area contributed by atoms with Crippen LogP contribution in [0.5, 0.6) is 11.5 Å². The molecule has 0 fully saturated rings. The molecule has 2 amide bonds. The average molecular weight is 394 g/mol. The lowest BCUT2D eigenvalue weighted by molar-refractivity contribution is -0.116. The van der Waals surface area contributed by atoms with Crippen molar-refractivity contribution >= 4 is 29.3 Å². The minimum absolute atomic E-state index is 0.0324. The van der Waals surface area contributed by atoms with E-state index in [-0.39, 0.29) is 11.8 Å². The van der Waals surface area contributed by atoms with Crippen LogP contribution >= 0.6 is 0 Å². The Balaban J connectivity index is 1.65. The summed E-state index contributed by atoms with van der Waals surface area (Å²) in [4.78, 5) is 25.7. The lowest BCUT2D eigenvalue weighted by Crippen LogP contribution is -2.25. The summed E-state index contributed by atoms with van der Waals surface area (Å²) in [5.74, 6) is 1.13. The van der Waals surface area contributed by atoms with E-state index in [1.165, 1.54) is 6.08 Å². The van der Waals surface area contributed by atoms with Crippen molar-refractivity contribution in [3.63, 3.8) is 0 Å². The number of benzene rings is 2. The molecule has 0 aliphatic carbocycles. The third-order valence-corrected chi connectivity index (χ3v) is 4.70. The standard InChI is InChI=1S/C23H26N2O4/c1-4-13-29-21-9-5-17(14-22(21)28-3)6-10-23(27)24-19-7-8-20-18(15-19)11-12-25(20)16(2)26/h5-10,14-15H,4,11-13H2,1-3H3,(H,24,27)/b10-6+. The molecule has 2 aromatic rings. The summed E-state index contributed by atoms with van der Waals surface area (Å²) in [7, 11) is 1.59. The van der Waals surface area contributed by atoms with Gasteiger partial charge in [0.15, 0.2) is 11.5 Å². The molecule has 0 aromatic heterocycles. The number of fused-ring (bicyclic) bond motifs is 1. The number of amides is 2. The third kappa shape index (κ3) is 4.96. The van der Waals surface area contributed by atoms with Crippen LogP contribution in [0.15, 0.2) is 42.5 Å². The summed E-state index contributed by atoms with van der Waals surface area (Å²) >= 11 is 0. The van der Waals surface area contributed by atoms with E-state index in [0.717, 1.165) is 29.7 Å². The topological polar surface area (TPSA) is 67.9 Å². The van der Waals surface area contributed by atoms with Crippen molar-refractivity contribution in [2.75, 3.05) is 30.5 Å². The summed E-state index contributed by atoms with van der Waals surface area (Å²) in [5.41, 5.74) is 3.54. The molecular formula is C23H26N2O4. The Morgan fingerprint density at radius 3 is 2.72 bits per heavy atom. The zero-order chi connectivity index (χ0) is 20.8. The van der Waals surface area contributed by atoms with E-state index in [1.54, 1.807) is 25.0 Å². The number of carbonyl (C=O) groups is 2. The van der Waals surface area contributed by atoms with Gasteiger partial charge >= 0.3 is 0 Å². The number of carbonyl (C=O) groups excluding carboxylic acids is 2. The Kier molecular flexibility index (Phi) is 6.54. The van der Waals surface area contributed by atoms with Crippen LogP contribution in [0.2, 0.25) is 0 Å². The van der Waals surface area contributed by atoms with Gasteiger partial charge in [-0.1, -0.05) is 13.0 Å². The molecule has 0 bridgehead atoms. The predicted molar refractivity (Wildman–Crippen MR) is 115 cm³/mol. The normalized spacial score (nSPS) is 12.7. The van der Waals surface area contributed by atoms with Gasteiger partial charge in [0.2, 0.25) is 11.8 Å². The number of hydrogen-bond acceptors (Lipinski definition) is 4. The molecule has 6 nitrogen and oxygen atoms in total. The number of methoxy groups -OCH3 is 1. The van der Waals surface area contributed by atoms with Gasteiger partial charge in [-0.25, -0.2) is 0 Å². The Labute approximate surface area is 171 Å². The molecule has 0 saturated carbocycles. The fourth-order valence-electron chi connectivity index (χ4n) is 3.28. The molecule has 0 spiro atoms. The number of hydrogen-bond donors (Lipinski definition) is 1. The first-order valence-electron chi connectivity index (χ1n) is 9.72. The fraction of sp³-hybridized carbons (Fsp3) is 0.304. The SMILES string of the molecule is CCCOc1ccc(/C=C/C(=O)Nc2ccc3c(c2)CCN3C(C)=O)cc1OC. The van der Waals surface area contributed by atoms with E-state index in [1.807, 2.05) is 43.3 Å². The summed E-state index contributed by atoms with van der Waals surface area (Å²) < 4.78 is 11.0. The number of nitrogens with one attached hydrogen (secondary N) is 1. The van der Waals surface area contributed by atoms with E-state index < -0.39 is 0 Å². The van der Waals surface area contributed by atoms with Gasteiger partial charge in [0.05, 0.1) is 13.7 Å². The van der Waals surface area contributed by atoms with Crippen molar-refractivity contribution in [3.05, 3.63) is 53.6 Å². The first kappa shape index (κ1) is 20.5. The van der Waals surface area contributed by atoms with Crippen molar-refractivity contribution in [1.82, 2.24) is 0 Å². The largest absolute Gasteiger partial charge is 0.493 e. The van der Waals surface area contributed by atoms with E-state index >= 15 is 0 Å². The highest BCUT2D eigenvalue weighted by atomic mass is 16.5. The average Bonchev–Trinajstić information content (AvgIpc) is 3.14. The number of ether oxygens (including phenoxy) is 2. The van der Waals surface area contributed by atoms with Gasteiger partial charge < -0.3 is 19.7 Å². The van der Waals surface area contributed by atoms with Crippen LogP contribution in [-0.4, -0.2) is 32.1 Å². The van der Waals surface area contributed by atoms with Crippen LogP contribution in [0.3, 0.4) is 0 Å². The molecule has 2 aromatic carbocycles. The summed E-state index contributed by atoms with van der Waals surface area (Å²) in [6.45, 7) is 4.91. The highest BCUT2D eigenvalue weighted by Crippen LogP contribution is 2.31. The fourth-order valence-corrected chi connectivity index (χ4v) is 3.28. The molecular weight excluding hydrogens is 368 g/mol. The Bertz CT molecular complexity index is 936. The van der Waals surface area contributed by atoms with Crippen LogP contribution < -0.4 is 19.7 Å². The molecule has 1 aliphatic rings. The summed E-state index contributed by atoms with van der Waals surface area (Å²) in [6.07, 6.45) is 4.92. The van der Waals surface area contributed by atoms with E-state index in [0.29, 0.717) is 30.3 Å². The van der Waals surface area contributed by atoms with Crippen LogP contribution in [0.4, 0.5) is 11.4 Å². The number of rotatable bonds is 7. The van der Waals surface area contributed by atoms with E-state index in [2.05, 4.69) is 5.32 Å². The van der Waals surface area contributed by atoms with Gasteiger partial charge in [-0.15, -0.1) is 0 Å². The maximum absolute atomic E-state index is 12.3. The first-order valence-corrected chi connectivity index (χ1v) is 9.72. The van der Waals surface area contributed by atoms with Gasteiger partial charge in [0, 0.05) is 30.9 Å². The maximum Gasteiger partial charge on any atom is 0.248 e. The third-order valence-electron chi connectivity index (χ3n) is 4.70. The number of anilines is 2. The number of nitrogens with zero attached hydrogens (tertiary/aromatic N) is 1. The van der Waals surface area contributed by atoms with Gasteiger partial charge in [-0.2, -0.15) is 0 Å². The monoisotopic (exact) mass is 394 g/mol. The van der Waals surface area contributed by atoms with E-state index in [4.69, 9.17) is 9.47 Å². The van der Waals surface area contributed by atoms with Gasteiger partial charge in [0.25, 0.3) is 0 Å². The zero-order valence-electron chi connectivity index (χ0n) is 17.0. The highest BCUT2D eigenvalue weighted by molar-refractivity contribution is 6.02. The van der Waals surface area contributed by atoms with Crippen molar-refractivity contribution in [2.24, 2.45) is 0 Å². The molecule has 0 saturated heterocycles. The van der Waals surface area contributed by atoms with Crippen molar-refractivity contribution in [1.29, 1.82) is 0 Å². The Morgan fingerprint density at radius 1 is 1.17 bits per heavy atom. The minimum atomic E-state index is -0.225. The molecule has 0 atom stereocenters. The van der Waals surface area contributed by atoms with Crippen molar-refractivity contribution in [3.8, 4) is 11.5 Å². The lowest BCUT2D eigenvalue weighted by Gasteiger charge is -2.14. The predicted octanol–water partition coefficient (Wildman–Crippen LogP) is 4.04. The molecule has 1 heterocycles. The highest BCUT2D eigenvalue weighted by Gasteiger charge is 2.22. The molecule has 152 valence electrons. The molecule has 3 rings (SSSR count). The van der Waals surface area contributed by atoms with Gasteiger partial charge in [-0.05, 0) is 60.4 Å². The molecule has 1 aliphatic heterocycles. The molecule has 1 N–H and O–H groups in total. The molecule has 29 heavy (non-hydrogen) atoms. The smallest absolute Gasteiger partial charge is 0.248 e. The second-order valence-corrected chi connectivity index (χ2v) is 6.85. The van der Waals surface area contributed by atoms with Gasteiger partial charge in [-0.3, -0.25) is 9.59 Å². The Morgan fingerprint density at radius 2 is 2.00 bits per heavy atom. The van der Waals surface area contributed by atoms with Gasteiger partial charge in [0.1, 0.15) is 0 Å². The molecule has 0 unspecified atom stereocenters. The van der Waals surface area contributed by atoms with Crippen LogP contribution in [0.1, 0.15) is 31.4 Å². The van der Waals surface area contributed by atoms with E-state index in [9.17, 15) is 9.59 Å². The second kappa shape index (κ2) is 9.28. The van der Waals surface area contributed by atoms with Crippen molar-refractivity contribution in [2.45, 2.75) is 26.7 Å².